The molecule has 0 atom stereocenters. The molecule has 5 rings (SSSR count). The number of nitrogens with zero attached hydrogens (tertiary/aromatic N) is 2. The first-order chi connectivity index (χ1) is 16.8. The number of amides is 1. The van der Waals surface area contributed by atoms with E-state index in [4.69, 9.17) is 4.52 Å². The van der Waals surface area contributed by atoms with Gasteiger partial charge < -0.3 is 14.7 Å². The molecule has 0 bridgehead atoms. The molecule has 0 spiro atoms. The Kier molecular flexibility index (Phi) is 7.01. The average Bonchev–Trinajstić information content (AvgIpc) is 3.29. The van der Waals surface area contributed by atoms with Crippen LogP contribution >= 0.6 is 0 Å². The topological polar surface area (TPSA) is 58.4 Å². The summed E-state index contributed by atoms with van der Waals surface area (Å²) in [6.07, 6.45) is 3.30. The predicted molar refractivity (Wildman–Crippen MR) is 135 cm³/mol. The van der Waals surface area contributed by atoms with E-state index in [9.17, 15) is 4.79 Å². The highest BCUT2D eigenvalue weighted by atomic mass is 16.5. The molecule has 1 amide bonds. The van der Waals surface area contributed by atoms with Crippen molar-refractivity contribution in [2.75, 3.05) is 19.6 Å². The van der Waals surface area contributed by atoms with E-state index < -0.39 is 0 Å². The zero-order valence-corrected chi connectivity index (χ0v) is 19.4. The minimum Gasteiger partial charge on any atom is -0.356 e. The van der Waals surface area contributed by atoms with E-state index in [1.54, 1.807) is 0 Å². The molecule has 0 aliphatic carbocycles. The molecule has 1 fully saturated rings. The van der Waals surface area contributed by atoms with E-state index in [1.807, 2.05) is 24.3 Å². The van der Waals surface area contributed by atoms with Gasteiger partial charge in [0.25, 0.3) is 0 Å². The number of fused-ring (bicyclic) bond motifs is 1. The molecular formula is C29H31N3O2. The number of nitrogens with one attached hydrogen (secondary N) is 1. The molecular weight excluding hydrogens is 422 g/mol. The molecule has 4 aromatic rings. The lowest BCUT2D eigenvalue weighted by atomic mass is 9.88. The standard InChI is InChI=1S/C29H31N3O2/c33-29(21-27-26-13-7-8-14-28(26)34-31-27)30-24-15-18-32(19-16-24)20-17-25(22-9-3-1-4-10-22)23-11-5-2-6-12-23/h1-14,24-25H,15-21H2,(H,30,33). The van der Waals surface area contributed by atoms with Gasteiger partial charge in [-0.2, -0.15) is 0 Å². The number of hydrogen-bond acceptors (Lipinski definition) is 4. The number of rotatable bonds is 8. The molecule has 5 nitrogen and oxygen atoms in total. The predicted octanol–water partition coefficient (Wildman–Crippen LogP) is 5.17. The van der Waals surface area contributed by atoms with E-state index in [0.717, 1.165) is 49.9 Å². The number of aromatic nitrogens is 1. The lowest BCUT2D eigenvalue weighted by Gasteiger charge is -2.33. The first kappa shape index (κ1) is 22.4. The number of carbonyl (C=O) groups is 1. The van der Waals surface area contributed by atoms with Crippen molar-refractivity contribution in [2.45, 2.75) is 37.6 Å². The SMILES string of the molecule is O=C(Cc1noc2ccccc12)NC1CCN(CCC(c2ccccc2)c2ccccc2)CC1. The van der Waals surface area contributed by atoms with Gasteiger partial charge in [-0.05, 0) is 49.1 Å². The largest absolute Gasteiger partial charge is 0.356 e. The Labute approximate surface area is 200 Å². The van der Waals surface area contributed by atoms with Crippen molar-refractivity contribution < 1.29 is 9.32 Å². The smallest absolute Gasteiger partial charge is 0.226 e. The summed E-state index contributed by atoms with van der Waals surface area (Å²) >= 11 is 0. The van der Waals surface area contributed by atoms with Gasteiger partial charge in [0.15, 0.2) is 5.58 Å². The molecule has 2 heterocycles. The molecule has 5 heteroatoms. The first-order valence-corrected chi connectivity index (χ1v) is 12.2. The lowest BCUT2D eigenvalue weighted by Crippen LogP contribution is -2.45. The number of benzene rings is 3. The van der Waals surface area contributed by atoms with Gasteiger partial charge >= 0.3 is 0 Å². The van der Waals surface area contributed by atoms with Gasteiger partial charge in [-0.15, -0.1) is 0 Å². The van der Waals surface area contributed by atoms with E-state index in [-0.39, 0.29) is 18.4 Å². The molecule has 0 unspecified atom stereocenters. The average molecular weight is 454 g/mol. The van der Waals surface area contributed by atoms with Gasteiger partial charge in [-0.3, -0.25) is 4.79 Å². The van der Waals surface area contributed by atoms with Crippen molar-refractivity contribution >= 4 is 16.9 Å². The van der Waals surface area contributed by atoms with E-state index in [0.29, 0.717) is 11.6 Å². The minimum absolute atomic E-state index is 0.0192. The van der Waals surface area contributed by atoms with E-state index in [1.165, 1.54) is 11.1 Å². The third kappa shape index (κ3) is 5.37. The van der Waals surface area contributed by atoms with E-state index in [2.05, 4.69) is 76.0 Å². The second-order valence-corrected chi connectivity index (χ2v) is 9.15. The van der Waals surface area contributed by atoms with Crippen LogP contribution in [0.3, 0.4) is 0 Å². The highest BCUT2D eigenvalue weighted by molar-refractivity contribution is 5.86. The molecule has 1 saturated heterocycles. The fourth-order valence-electron chi connectivity index (χ4n) is 5.01. The quantitative estimate of drug-likeness (QED) is 0.400. The van der Waals surface area contributed by atoms with Crippen LogP contribution in [0, 0.1) is 0 Å². The normalized spacial score (nSPS) is 15.1. The molecule has 0 radical (unpaired) electrons. The number of piperidine rings is 1. The molecule has 1 aliphatic rings. The van der Waals surface area contributed by atoms with Crippen LogP contribution in [0.1, 0.15) is 42.0 Å². The van der Waals surface area contributed by atoms with Crippen molar-refractivity contribution in [3.63, 3.8) is 0 Å². The third-order valence-corrected chi connectivity index (χ3v) is 6.87. The van der Waals surface area contributed by atoms with Crippen LogP contribution < -0.4 is 5.32 Å². The summed E-state index contributed by atoms with van der Waals surface area (Å²) < 4.78 is 5.33. The van der Waals surface area contributed by atoms with Crippen molar-refractivity contribution in [1.82, 2.24) is 15.4 Å². The summed E-state index contributed by atoms with van der Waals surface area (Å²) in [5.74, 6) is 0.419. The summed E-state index contributed by atoms with van der Waals surface area (Å²) in [6.45, 7) is 3.07. The number of hydrogen-bond donors (Lipinski definition) is 1. The molecule has 3 aromatic carbocycles. The lowest BCUT2D eigenvalue weighted by molar-refractivity contribution is -0.121. The second kappa shape index (κ2) is 10.7. The third-order valence-electron chi connectivity index (χ3n) is 6.87. The molecule has 1 aromatic heterocycles. The zero-order valence-electron chi connectivity index (χ0n) is 19.4. The van der Waals surface area contributed by atoms with Crippen LogP contribution in [0.25, 0.3) is 11.0 Å². The van der Waals surface area contributed by atoms with Crippen molar-refractivity contribution in [1.29, 1.82) is 0 Å². The van der Waals surface area contributed by atoms with Gasteiger partial charge in [0.1, 0.15) is 5.69 Å². The summed E-state index contributed by atoms with van der Waals surface area (Å²) in [7, 11) is 0. The molecule has 34 heavy (non-hydrogen) atoms. The van der Waals surface area contributed by atoms with Crippen molar-refractivity contribution in [3.05, 3.63) is 102 Å². The van der Waals surface area contributed by atoms with Crippen LogP contribution in [0.15, 0.2) is 89.5 Å². The Morgan fingerprint density at radius 1 is 0.912 bits per heavy atom. The monoisotopic (exact) mass is 453 g/mol. The van der Waals surface area contributed by atoms with Crippen LogP contribution in [0.5, 0.6) is 0 Å². The maximum absolute atomic E-state index is 12.6. The van der Waals surface area contributed by atoms with Crippen molar-refractivity contribution in [3.8, 4) is 0 Å². The maximum Gasteiger partial charge on any atom is 0.226 e. The minimum atomic E-state index is 0.0192. The Hall–Kier alpha value is -3.44. The summed E-state index contributed by atoms with van der Waals surface area (Å²) in [5, 5.41) is 8.21. The van der Waals surface area contributed by atoms with Gasteiger partial charge in [0.2, 0.25) is 5.91 Å². The van der Waals surface area contributed by atoms with Crippen LogP contribution in [-0.2, 0) is 11.2 Å². The molecule has 1 aliphatic heterocycles. The summed E-state index contributed by atoms with van der Waals surface area (Å²) in [4.78, 5) is 15.2. The fraction of sp³-hybridized carbons (Fsp3) is 0.310. The Bertz CT molecular complexity index is 1160. The second-order valence-electron chi connectivity index (χ2n) is 9.15. The van der Waals surface area contributed by atoms with Gasteiger partial charge in [-0.1, -0.05) is 78.0 Å². The Balaban J connectivity index is 1.12. The van der Waals surface area contributed by atoms with Crippen LogP contribution in [0.2, 0.25) is 0 Å². The number of para-hydroxylation sites is 1. The van der Waals surface area contributed by atoms with Crippen LogP contribution in [-0.4, -0.2) is 41.6 Å². The van der Waals surface area contributed by atoms with Gasteiger partial charge in [0, 0.05) is 30.4 Å². The molecule has 174 valence electrons. The number of carbonyl (C=O) groups excluding carboxylic acids is 1. The van der Waals surface area contributed by atoms with E-state index >= 15 is 0 Å². The number of likely N-dealkylation sites (tertiary alicyclic amines) is 1. The van der Waals surface area contributed by atoms with Crippen molar-refractivity contribution in [2.24, 2.45) is 0 Å². The fourth-order valence-corrected chi connectivity index (χ4v) is 5.01. The summed E-state index contributed by atoms with van der Waals surface area (Å²) in [5.41, 5.74) is 4.17. The highest BCUT2D eigenvalue weighted by Gasteiger charge is 2.23. The highest BCUT2D eigenvalue weighted by Crippen LogP contribution is 2.28. The first-order valence-electron chi connectivity index (χ1n) is 12.2. The Morgan fingerprint density at radius 3 is 2.21 bits per heavy atom. The van der Waals surface area contributed by atoms with Gasteiger partial charge in [-0.25, -0.2) is 0 Å². The maximum atomic E-state index is 12.6. The Morgan fingerprint density at radius 2 is 1.53 bits per heavy atom. The van der Waals surface area contributed by atoms with Gasteiger partial charge in [0.05, 0.1) is 6.42 Å². The molecule has 1 N–H and O–H groups in total. The van der Waals surface area contributed by atoms with Crippen LogP contribution in [0.4, 0.5) is 0 Å². The molecule has 0 saturated carbocycles. The zero-order chi connectivity index (χ0) is 23.2. The summed E-state index contributed by atoms with van der Waals surface area (Å²) in [6, 6.07) is 29.5.